The zero-order chi connectivity index (χ0) is 22.5. The molecule has 4 rings (SSSR count). The van der Waals surface area contributed by atoms with Crippen LogP contribution in [0.5, 0.6) is 5.75 Å². The predicted molar refractivity (Wildman–Crippen MR) is 134 cm³/mol. The molecule has 0 heterocycles. The van der Waals surface area contributed by atoms with E-state index in [9.17, 15) is 4.79 Å². The molecule has 0 aliphatic heterocycles. The van der Waals surface area contributed by atoms with Gasteiger partial charge in [0.2, 0.25) is 0 Å². The third-order valence-electron chi connectivity index (χ3n) is 7.30. The van der Waals surface area contributed by atoms with Crippen molar-refractivity contribution in [2.75, 3.05) is 0 Å². The molecular formula is C30H36O2. The van der Waals surface area contributed by atoms with Gasteiger partial charge in [0.05, 0.1) is 5.56 Å². The number of carbonyl (C=O) groups excluding carboxylic acids is 1. The first kappa shape index (κ1) is 22.6. The van der Waals surface area contributed by atoms with E-state index in [1.54, 1.807) is 0 Å². The van der Waals surface area contributed by atoms with Crippen molar-refractivity contribution in [3.05, 3.63) is 76.9 Å². The highest BCUT2D eigenvalue weighted by atomic mass is 16.5. The molecule has 3 aromatic rings. The van der Waals surface area contributed by atoms with Crippen LogP contribution in [0, 0.1) is 19.8 Å². The van der Waals surface area contributed by atoms with Crippen LogP contribution >= 0.6 is 0 Å². The SMILES string of the molecule is CCCCCC1CCC(c2ccc(OC(=O)c3ccc(C)c4c(C)cccc34)cc2)CC1. The Labute approximate surface area is 193 Å². The molecule has 168 valence electrons. The Kier molecular flexibility index (Phi) is 7.29. The minimum atomic E-state index is -0.291. The van der Waals surface area contributed by atoms with E-state index in [0.717, 1.165) is 16.7 Å². The largest absolute Gasteiger partial charge is 0.423 e. The standard InChI is InChI=1S/C30H36O2/c1-4-5-6-9-23-12-14-24(15-13-23)25-16-18-26(19-17-25)32-30(31)28-20-11-22(3)29-21(2)8-7-10-27(28)29/h7-8,10-11,16-20,23-24H,4-6,9,12-15H2,1-3H3. The quantitative estimate of drug-likeness (QED) is 0.214. The van der Waals surface area contributed by atoms with Crippen molar-refractivity contribution in [2.24, 2.45) is 5.92 Å². The molecule has 0 atom stereocenters. The zero-order valence-corrected chi connectivity index (χ0v) is 19.8. The summed E-state index contributed by atoms with van der Waals surface area (Å²) < 4.78 is 5.76. The lowest BCUT2D eigenvalue weighted by Crippen LogP contribution is -2.13. The maximum absolute atomic E-state index is 13.0. The summed E-state index contributed by atoms with van der Waals surface area (Å²) >= 11 is 0. The summed E-state index contributed by atoms with van der Waals surface area (Å²) in [5.41, 5.74) is 4.37. The summed E-state index contributed by atoms with van der Waals surface area (Å²) in [6.45, 7) is 6.45. The molecule has 1 saturated carbocycles. The smallest absolute Gasteiger partial charge is 0.344 e. The first-order valence-electron chi connectivity index (χ1n) is 12.4. The second-order valence-corrected chi connectivity index (χ2v) is 9.60. The molecule has 0 bridgehead atoms. The van der Waals surface area contributed by atoms with Gasteiger partial charge in [0, 0.05) is 0 Å². The minimum absolute atomic E-state index is 0.291. The average molecular weight is 429 g/mol. The first-order chi connectivity index (χ1) is 15.6. The molecule has 1 aliphatic carbocycles. The third kappa shape index (κ3) is 5.06. The molecule has 1 fully saturated rings. The highest BCUT2D eigenvalue weighted by Crippen LogP contribution is 2.38. The fourth-order valence-corrected chi connectivity index (χ4v) is 5.41. The molecule has 2 heteroatoms. The van der Waals surface area contributed by atoms with Gasteiger partial charge in [-0.05, 0) is 97.0 Å². The van der Waals surface area contributed by atoms with Crippen molar-refractivity contribution >= 4 is 16.7 Å². The summed E-state index contributed by atoms with van der Waals surface area (Å²) in [7, 11) is 0. The molecule has 0 aromatic heterocycles. The first-order valence-corrected chi connectivity index (χ1v) is 12.4. The number of aryl methyl sites for hydroxylation is 2. The number of hydrogen-bond donors (Lipinski definition) is 0. The Balaban J connectivity index is 1.40. The van der Waals surface area contributed by atoms with Gasteiger partial charge in [0.25, 0.3) is 0 Å². The fourth-order valence-electron chi connectivity index (χ4n) is 5.41. The average Bonchev–Trinajstić information content (AvgIpc) is 2.80. The summed E-state index contributed by atoms with van der Waals surface area (Å²) in [6.07, 6.45) is 10.7. The number of esters is 1. The third-order valence-corrected chi connectivity index (χ3v) is 7.30. The van der Waals surface area contributed by atoms with Crippen LogP contribution < -0.4 is 4.74 Å². The lowest BCUT2D eigenvalue weighted by Gasteiger charge is -2.29. The number of ether oxygens (including phenoxy) is 1. The van der Waals surface area contributed by atoms with Gasteiger partial charge in [-0.1, -0.05) is 69.0 Å². The predicted octanol–water partition coefficient (Wildman–Crippen LogP) is 8.53. The molecule has 0 spiro atoms. The van der Waals surface area contributed by atoms with Crippen LogP contribution in [0.1, 0.15) is 91.3 Å². The maximum Gasteiger partial charge on any atom is 0.344 e. The Morgan fingerprint density at radius 2 is 1.59 bits per heavy atom. The van der Waals surface area contributed by atoms with Crippen LogP contribution in [0.2, 0.25) is 0 Å². The van der Waals surface area contributed by atoms with Gasteiger partial charge in [-0.2, -0.15) is 0 Å². The highest BCUT2D eigenvalue weighted by Gasteiger charge is 2.22. The number of rotatable bonds is 7. The lowest BCUT2D eigenvalue weighted by molar-refractivity contribution is 0.0737. The molecule has 0 N–H and O–H groups in total. The summed E-state index contributed by atoms with van der Waals surface area (Å²) in [4.78, 5) is 13.0. The topological polar surface area (TPSA) is 26.3 Å². The molecule has 0 saturated heterocycles. The van der Waals surface area contributed by atoms with Crippen molar-refractivity contribution in [3.8, 4) is 5.75 Å². The highest BCUT2D eigenvalue weighted by molar-refractivity contribution is 6.07. The molecule has 2 nitrogen and oxygen atoms in total. The second kappa shape index (κ2) is 10.3. The van der Waals surface area contributed by atoms with Crippen molar-refractivity contribution in [1.82, 2.24) is 0 Å². The van der Waals surface area contributed by atoms with E-state index in [1.807, 2.05) is 36.4 Å². The summed E-state index contributed by atoms with van der Waals surface area (Å²) in [6, 6.07) is 18.2. The summed E-state index contributed by atoms with van der Waals surface area (Å²) in [5.74, 6) is 1.89. The van der Waals surface area contributed by atoms with E-state index in [4.69, 9.17) is 4.74 Å². The Bertz CT molecular complexity index is 1050. The zero-order valence-electron chi connectivity index (χ0n) is 19.8. The molecule has 32 heavy (non-hydrogen) atoms. The van der Waals surface area contributed by atoms with E-state index in [-0.39, 0.29) is 5.97 Å². The number of benzene rings is 3. The Hall–Kier alpha value is -2.61. The molecule has 0 unspecified atom stereocenters. The van der Waals surface area contributed by atoms with E-state index >= 15 is 0 Å². The molecule has 3 aromatic carbocycles. The van der Waals surface area contributed by atoms with Crippen LogP contribution in [0.15, 0.2) is 54.6 Å². The van der Waals surface area contributed by atoms with Crippen LogP contribution in [-0.2, 0) is 0 Å². The van der Waals surface area contributed by atoms with Gasteiger partial charge in [0.1, 0.15) is 5.75 Å². The Morgan fingerprint density at radius 1 is 0.875 bits per heavy atom. The van der Waals surface area contributed by atoms with E-state index in [1.165, 1.54) is 68.1 Å². The molecule has 0 amide bonds. The number of carbonyl (C=O) groups is 1. The van der Waals surface area contributed by atoms with Crippen molar-refractivity contribution in [2.45, 2.75) is 78.1 Å². The molecule has 0 radical (unpaired) electrons. The number of unbranched alkanes of at least 4 members (excludes halogenated alkanes) is 2. The lowest BCUT2D eigenvalue weighted by atomic mass is 9.77. The van der Waals surface area contributed by atoms with Gasteiger partial charge < -0.3 is 4.74 Å². The van der Waals surface area contributed by atoms with Crippen LogP contribution in [0.3, 0.4) is 0 Å². The van der Waals surface area contributed by atoms with Gasteiger partial charge in [-0.25, -0.2) is 4.79 Å². The Morgan fingerprint density at radius 3 is 2.31 bits per heavy atom. The van der Waals surface area contributed by atoms with Gasteiger partial charge in [-0.15, -0.1) is 0 Å². The van der Waals surface area contributed by atoms with Gasteiger partial charge in [0.15, 0.2) is 0 Å². The van der Waals surface area contributed by atoms with E-state index in [2.05, 4.69) is 39.0 Å². The number of hydrogen-bond acceptors (Lipinski definition) is 2. The molecular weight excluding hydrogens is 392 g/mol. The molecule has 1 aliphatic rings. The number of fused-ring (bicyclic) bond motifs is 1. The maximum atomic E-state index is 13.0. The monoisotopic (exact) mass is 428 g/mol. The van der Waals surface area contributed by atoms with Gasteiger partial charge >= 0.3 is 5.97 Å². The van der Waals surface area contributed by atoms with Crippen LogP contribution in [0.25, 0.3) is 10.8 Å². The summed E-state index contributed by atoms with van der Waals surface area (Å²) in [5, 5.41) is 2.10. The second-order valence-electron chi connectivity index (χ2n) is 9.60. The van der Waals surface area contributed by atoms with Crippen LogP contribution in [0.4, 0.5) is 0 Å². The fraction of sp³-hybridized carbons (Fsp3) is 0.433. The minimum Gasteiger partial charge on any atom is -0.423 e. The van der Waals surface area contributed by atoms with Crippen molar-refractivity contribution in [1.29, 1.82) is 0 Å². The van der Waals surface area contributed by atoms with Crippen LogP contribution in [-0.4, -0.2) is 5.97 Å². The van der Waals surface area contributed by atoms with E-state index < -0.39 is 0 Å². The van der Waals surface area contributed by atoms with E-state index in [0.29, 0.717) is 17.2 Å². The van der Waals surface area contributed by atoms with Gasteiger partial charge in [-0.3, -0.25) is 0 Å². The van der Waals surface area contributed by atoms with Crippen molar-refractivity contribution < 1.29 is 9.53 Å². The van der Waals surface area contributed by atoms with Crippen molar-refractivity contribution in [3.63, 3.8) is 0 Å². The normalized spacial score (nSPS) is 18.6.